The summed E-state index contributed by atoms with van der Waals surface area (Å²) in [4.78, 5) is 0. The maximum absolute atomic E-state index is 12.6. The van der Waals surface area contributed by atoms with E-state index in [1.807, 2.05) is 0 Å². The average molecular weight is 323 g/mol. The topological polar surface area (TPSA) is 52.8 Å². The van der Waals surface area contributed by atoms with Gasteiger partial charge in [0.05, 0.1) is 12.4 Å². The Bertz CT molecular complexity index is 569. The van der Waals surface area contributed by atoms with E-state index in [2.05, 4.69) is 31.2 Å². The third-order valence-corrected chi connectivity index (χ3v) is 2.31. The van der Waals surface area contributed by atoms with Gasteiger partial charge in [-0.25, -0.2) is 0 Å². The number of halogens is 4. The SMILES string of the molecule is Cn1cc(Oc2cc(Br)cnn2)c(C(F)(F)F)n1. The summed E-state index contributed by atoms with van der Waals surface area (Å²) in [5.74, 6) is -0.472. The first-order valence-corrected chi connectivity index (χ1v) is 5.42. The van der Waals surface area contributed by atoms with Crippen molar-refractivity contribution in [3.05, 3.63) is 28.6 Å². The standard InChI is InChI=1S/C9H6BrF3N4O/c1-17-4-6(8(16-17)9(11,12)13)18-7-2-5(10)3-14-15-7/h2-4H,1H3. The van der Waals surface area contributed by atoms with Crippen LogP contribution in [0.15, 0.2) is 22.9 Å². The highest BCUT2D eigenvalue weighted by molar-refractivity contribution is 9.10. The third kappa shape index (κ3) is 2.78. The molecule has 0 aliphatic heterocycles. The maximum atomic E-state index is 12.6. The molecule has 0 radical (unpaired) electrons. The monoisotopic (exact) mass is 322 g/mol. The molecule has 2 aromatic rings. The van der Waals surface area contributed by atoms with E-state index in [-0.39, 0.29) is 5.88 Å². The molecule has 0 aromatic carbocycles. The first-order chi connectivity index (χ1) is 8.36. The summed E-state index contributed by atoms with van der Waals surface area (Å²) in [6.45, 7) is 0. The van der Waals surface area contributed by atoms with Crippen LogP contribution in [0, 0.1) is 0 Å². The Morgan fingerprint density at radius 3 is 2.72 bits per heavy atom. The van der Waals surface area contributed by atoms with Gasteiger partial charge in [0.15, 0.2) is 5.75 Å². The van der Waals surface area contributed by atoms with Crippen molar-refractivity contribution in [3.8, 4) is 11.6 Å². The van der Waals surface area contributed by atoms with Gasteiger partial charge < -0.3 is 4.74 Å². The lowest BCUT2D eigenvalue weighted by molar-refractivity contribution is -0.142. The van der Waals surface area contributed by atoms with Crippen LogP contribution < -0.4 is 4.74 Å². The second-order valence-electron chi connectivity index (χ2n) is 3.33. The molecule has 0 saturated heterocycles. The second kappa shape index (κ2) is 4.56. The van der Waals surface area contributed by atoms with Gasteiger partial charge in [-0.05, 0) is 15.9 Å². The van der Waals surface area contributed by atoms with Gasteiger partial charge in [0.25, 0.3) is 0 Å². The predicted molar refractivity (Wildman–Crippen MR) is 58.0 cm³/mol. The lowest BCUT2D eigenvalue weighted by Crippen LogP contribution is -2.08. The quantitative estimate of drug-likeness (QED) is 0.853. The molecule has 0 unspecified atom stereocenters. The third-order valence-electron chi connectivity index (χ3n) is 1.88. The molecule has 2 rings (SSSR count). The zero-order chi connectivity index (χ0) is 13.3. The van der Waals surface area contributed by atoms with Gasteiger partial charge in [-0.1, -0.05) is 0 Å². The molecule has 0 aliphatic rings. The molecule has 18 heavy (non-hydrogen) atoms. The summed E-state index contributed by atoms with van der Waals surface area (Å²) in [7, 11) is 1.37. The van der Waals surface area contributed by atoms with Crippen LogP contribution in [0.4, 0.5) is 13.2 Å². The Hall–Kier alpha value is -1.64. The molecule has 0 spiro atoms. The highest BCUT2D eigenvalue weighted by Gasteiger charge is 2.38. The van der Waals surface area contributed by atoms with Gasteiger partial charge in [0.1, 0.15) is 0 Å². The normalized spacial score (nSPS) is 11.6. The predicted octanol–water partition coefficient (Wildman–Crippen LogP) is 2.78. The van der Waals surface area contributed by atoms with Crippen LogP contribution in [0.25, 0.3) is 0 Å². The molecule has 0 bridgehead atoms. The van der Waals surface area contributed by atoms with Gasteiger partial charge in [0, 0.05) is 17.6 Å². The van der Waals surface area contributed by atoms with Crippen molar-refractivity contribution in [3.63, 3.8) is 0 Å². The Balaban J connectivity index is 2.35. The molecule has 2 heterocycles. The Morgan fingerprint density at radius 2 is 2.11 bits per heavy atom. The number of ether oxygens (including phenoxy) is 1. The minimum Gasteiger partial charge on any atom is -0.433 e. The summed E-state index contributed by atoms with van der Waals surface area (Å²) < 4.78 is 44.5. The van der Waals surface area contributed by atoms with Crippen molar-refractivity contribution in [2.24, 2.45) is 7.05 Å². The number of hydrogen-bond acceptors (Lipinski definition) is 4. The van der Waals surface area contributed by atoms with Crippen LogP contribution in [-0.2, 0) is 13.2 Å². The fourth-order valence-electron chi connectivity index (χ4n) is 1.23. The number of alkyl halides is 3. The molecule has 0 saturated carbocycles. The van der Waals surface area contributed by atoms with Crippen LogP contribution in [0.2, 0.25) is 0 Å². The Labute approximate surface area is 108 Å². The van der Waals surface area contributed by atoms with Crippen molar-refractivity contribution in [1.82, 2.24) is 20.0 Å². The van der Waals surface area contributed by atoms with Crippen molar-refractivity contribution >= 4 is 15.9 Å². The van der Waals surface area contributed by atoms with Gasteiger partial charge in [-0.2, -0.15) is 23.4 Å². The van der Waals surface area contributed by atoms with Crippen molar-refractivity contribution in [2.45, 2.75) is 6.18 Å². The Morgan fingerprint density at radius 1 is 1.39 bits per heavy atom. The van der Waals surface area contributed by atoms with Crippen LogP contribution in [0.1, 0.15) is 5.69 Å². The molecule has 0 atom stereocenters. The van der Waals surface area contributed by atoms with Crippen LogP contribution in [0.3, 0.4) is 0 Å². The van der Waals surface area contributed by atoms with Crippen molar-refractivity contribution in [2.75, 3.05) is 0 Å². The van der Waals surface area contributed by atoms with E-state index in [0.717, 1.165) is 10.9 Å². The maximum Gasteiger partial charge on any atom is 0.438 e. The van der Waals surface area contributed by atoms with Gasteiger partial charge >= 0.3 is 6.18 Å². The van der Waals surface area contributed by atoms with E-state index in [0.29, 0.717) is 4.47 Å². The first kappa shape index (κ1) is 12.8. The van der Waals surface area contributed by atoms with E-state index < -0.39 is 17.6 Å². The minimum absolute atomic E-state index is 0.0529. The molecule has 2 aromatic heterocycles. The summed E-state index contributed by atoms with van der Waals surface area (Å²) in [5.41, 5.74) is -1.10. The van der Waals surface area contributed by atoms with E-state index in [4.69, 9.17) is 4.74 Å². The molecule has 0 N–H and O–H groups in total. The first-order valence-electron chi connectivity index (χ1n) is 4.63. The van der Waals surface area contributed by atoms with E-state index in [1.165, 1.54) is 19.3 Å². The lowest BCUT2D eigenvalue weighted by atomic mass is 10.4. The summed E-state index contributed by atoms with van der Waals surface area (Å²) in [6, 6.07) is 1.40. The molecule has 0 aliphatic carbocycles. The van der Waals surface area contributed by atoms with E-state index >= 15 is 0 Å². The summed E-state index contributed by atoms with van der Waals surface area (Å²) in [5, 5.41) is 10.4. The smallest absolute Gasteiger partial charge is 0.433 e. The highest BCUT2D eigenvalue weighted by Crippen LogP contribution is 2.36. The zero-order valence-electron chi connectivity index (χ0n) is 8.94. The van der Waals surface area contributed by atoms with Gasteiger partial charge in [-0.15, -0.1) is 5.10 Å². The lowest BCUT2D eigenvalue weighted by Gasteiger charge is -2.06. The molecule has 9 heteroatoms. The molecule has 0 fully saturated rings. The van der Waals surface area contributed by atoms with E-state index in [1.54, 1.807) is 0 Å². The highest BCUT2D eigenvalue weighted by atomic mass is 79.9. The Kier molecular flexibility index (Phi) is 3.24. The van der Waals surface area contributed by atoms with Crippen molar-refractivity contribution < 1.29 is 17.9 Å². The van der Waals surface area contributed by atoms with Crippen LogP contribution >= 0.6 is 15.9 Å². The summed E-state index contributed by atoms with van der Waals surface area (Å²) >= 11 is 3.11. The second-order valence-corrected chi connectivity index (χ2v) is 4.24. The number of aryl methyl sites for hydroxylation is 1. The fraction of sp³-hybridized carbons (Fsp3) is 0.222. The molecule has 96 valence electrons. The van der Waals surface area contributed by atoms with Crippen LogP contribution in [0.5, 0.6) is 11.6 Å². The number of nitrogens with zero attached hydrogens (tertiary/aromatic N) is 4. The van der Waals surface area contributed by atoms with E-state index in [9.17, 15) is 13.2 Å². The average Bonchev–Trinajstić information content (AvgIpc) is 2.59. The largest absolute Gasteiger partial charge is 0.438 e. The molecular formula is C9H6BrF3N4O. The number of aromatic nitrogens is 4. The molecule has 5 nitrogen and oxygen atoms in total. The van der Waals surface area contributed by atoms with Crippen molar-refractivity contribution in [1.29, 1.82) is 0 Å². The fourth-order valence-corrected chi connectivity index (χ4v) is 1.51. The van der Waals surface area contributed by atoms with Gasteiger partial charge in [-0.3, -0.25) is 4.68 Å². The molecule has 0 amide bonds. The zero-order valence-corrected chi connectivity index (χ0v) is 10.5. The number of hydrogen-bond donors (Lipinski definition) is 0. The molecular weight excluding hydrogens is 317 g/mol. The van der Waals surface area contributed by atoms with Crippen LogP contribution in [-0.4, -0.2) is 20.0 Å². The summed E-state index contributed by atoms with van der Waals surface area (Å²) in [6.07, 6.45) is -2.08. The number of rotatable bonds is 2. The minimum atomic E-state index is -4.59. The van der Waals surface area contributed by atoms with Gasteiger partial charge in [0.2, 0.25) is 11.6 Å².